The van der Waals surface area contributed by atoms with Gasteiger partial charge in [0.25, 0.3) is 0 Å². The lowest BCUT2D eigenvalue weighted by molar-refractivity contribution is 0.554. The molecule has 1 fully saturated rings. The number of hydrogen-bond acceptors (Lipinski definition) is 2. The van der Waals surface area contributed by atoms with E-state index >= 15 is 0 Å². The molecule has 1 heterocycles. The highest BCUT2D eigenvalue weighted by Gasteiger charge is 2.55. The van der Waals surface area contributed by atoms with E-state index in [2.05, 4.69) is 81.4 Å². The fourth-order valence-corrected chi connectivity index (χ4v) is 12.3. The molecule has 0 amide bonds. The zero-order valence-electron chi connectivity index (χ0n) is 18.7. The zero-order valence-corrected chi connectivity index (χ0v) is 20.6. The van der Waals surface area contributed by atoms with Gasteiger partial charge < -0.3 is 0 Å². The molecule has 1 saturated heterocycles. The normalized spacial score (nSPS) is 19.2. The maximum atomic E-state index is 13.3. The molecular weight excluding hydrogens is 418 g/mol. The predicted molar refractivity (Wildman–Crippen MR) is 131 cm³/mol. The van der Waals surface area contributed by atoms with Crippen molar-refractivity contribution >= 4 is 28.5 Å². The molecule has 0 saturated carbocycles. The standard InChI is InChI=1S/C26H31NO2SSi/c1-21-15-17-23(18-16-21)30(28,29)27-19-22(27)20-31(26(2,3)4,24-11-7-5-8-12-24)25-13-9-6-10-14-25/h5-18,22H,19-20H2,1-4H3. The maximum absolute atomic E-state index is 13.3. The molecule has 0 radical (unpaired) electrons. The molecule has 3 aromatic carbocycles. The van der Waals surface area contributed by atoms with Gasteiger partial charge in [-0.2, -0.15) is 4.31 Å². The van der Waals surface area contributed by atoms with E-state index in [9.17, 15) is 8.42 Å². The molecule has 0 bridgehead atoms. The van der Waals surface area contributed by atoms with Gasteiger partial charge >= 0.3 is 0 Å². The van der Waals surface area contributed by atoms with Crippen LogP contribution in [0.25, 0.3) is 0 Å². The Morgan fingerprint density at radius 1 is 0.839 bits per heavy atom. The monoisotopic (exact) mass is 449 g/mol. The minimum atomic E-state index is -3.46. The highest BCUT2D eigenvalue weighted by Crippen LogP contribution is 2.43. The summed E-state index contributed by atoms with van der Waals surface area (Å²) in [6.45, 7) is 9.53. The van der Waals surface area contributed by atoms with Crippen LogP contribution in [0.2, 0.25) is 11.1 Å². The Balaban J connectivity index is 1.74. The average Bonchev–Trinajstić information content (AvgIpc) is 3.53. The van der Waals surface area contributed by atoms with Gasteiger partial charge in [-0.25, -0.2) is 8.42 Å². The summed E-state index contributed by atoms with van der Waals surface area (Å²) in [6.07, 6.45) is 0. The highest BCUT2D eigenvalue weighted by molar-refractivity contribution is 7.89. The average molecular weight is 450 g/mol. The minimum absolute atomic E-state index is 0.0254. The van der Waals surface area contributed by atoms with E-state index in [-0.39, 0.29) is 11.1 Å². The third-order valence-electron chi connectivity index (χ3n) is 6.65. The van der Waals surface area contributed by atoms with Crippen LogP contribution in [0.5, 0.6) is 0 Å². The summed E-state index contributed by atoms with van der Waals surface area (Å²) in [5.41, 5.74) is 1.06. The molecule has 1 aliphatic rings. The van der Waals surface area contributed by atoms with Crippen LogP contribution >= 0.6 is 0 Å². The smallest absolute Gasteiger partial charge is 0.207 e. The van der Waals surface area contributed by atoms with Gasteiger partial charge in [0.1, 0.15) is 8.07 Å². The minimum Gasteiger partial charge on any atom is -0.207 e. The van der Waals surface area contributed by atoms with E-state index in [1.54, 1.807) is 16.4 Å². The first kappa shape index (κ1) is 22.0. The number of nitrogens with zero attached hydrogens (tertiary/aromatic N) is 1. The van der Waals surface area contributed by atoms with E-state index in [0.29, 0.717) is 11.4 Å². The molecule has 1 aliphatic heterocycles. The first-order valence-electron chi connectivity index (χ1n) is 10.9. The van der Waals surface area contributed by atoms with Crippen molar-refractivity contribution in [1.82, 2.24) is 4.31 Å². The summed E-state index contributed by atoms with van der Waals surface area (Å²) in [5.74, 6) is 0. The number of hydrogen-bond donors (Lipinski definition) is 0. The third kappa shape index (κ3) is 4.02. The van der Waals surface area contributed by atoms with Crippen LogP contribution in [0, 0.1) is 6.92 Å². The lowest BCUT2D eigenvalue weighted by atomic mass is 10.2. The first-order chi connectivity index (χ1) is 14.7. The van der Waals surface area contributed by atoms with Crippen LogP contribution in [-0.4, -0.2) is 33.4 Å². The molecular formula is C26H31NO2SSi. The molecule has 2 atom stereocenters. The van der Waals surface area contributed by atoms with Gasteiger partial charge in [-0.15, -0.1) is 0 Å². The molecule has 0 aliphatic carbocycles. The van der Waals surface area contributed by atoms with Crippen LogP contribution in [0.3, 0.4) is 0 Å². The Morgan fingerprint density at radius 2 is 1.32 bits per heavy atom. The Bertz CT molecular complexity index is 1100. The summed E-state index contributed by atoms with van der Waals surface area (Å²) in [6, 6.07) is 29.6. The van der Waals surface area contributed by atoms with Crippen molar-refractivity contribution in [3.8, 4) is 0 Å². The molecule has 3 aromatic rings. The van der Waals surface area contributed by atoms with Crippen molar-refractivity contribution in [3.63, 3.8) is 0 Å². The van der Waals surface area contributed by atoms with Crippen LogP contribution in [0.1, 0.15) is 26.3 Å². The van der Waals surface area contributed by atoms with E-state index in [1.807, 2.05) is 19.1 Å². The van der Waals surface area contributed by atoms with E-state index in [0.717, 1.165) is 11.6 Å². The van der Waals surface area contributed by atoms with Crippen molar-refractivity contribution in [3.05, 3.63) is 90.5 Å². The van der Waals surface area contributed by atoms with Crippen molar-refractivity contribution in [1.29, 1.82) is 0 Å². The molecule has 31 heavy (non-hydrogen) atoms. The number of rotatable bonds is 6. The molecule has 162 valence electrons. The Morgan fingerprint density at radius 3 is 1.77 bits per heavy atom. The van der Waals surface area contributed by atoms with Gasteiger partial charge in [0, 0.05) is 12.6 Å². The second kappa shape index (κ2) is 8.04. The quantitative estimate of drug-likeness (QED) is 0.412. The molecule has 0 aromatic heterocycles. The summed E-state index contributed by atoms with van der Waals surface area (Å²) < 4.78 is 28.2. The molecule has 0 N–H and O–H groups in total. The molecule has 3 nitrogen and oxygen atoms in total. The van der Waals surface area contributed by atoms with Gasteiger partial charge in [-0.05, 0) is 30.1 Å². The summed E-state index contributed by atoms with van der Waals surface area (Å²) in [4.78, 5) is 0.392. The second-order valence-corrected chi connectivity index (χ2v) is 16.4. The van der Waals surface area contributed by atoms with E-state index in [4.69, 9.17) is 0 Å². The van der Waals surface area contributed by atoms with Gasteiger partial charge in [-0.1, -0.05) is 110 Å². The lowest BCUT2D eigenvalue weighted by Crippen LogP contribution is -2.65. The lowest BCUT2D eigenvalue weighted by Gasteiger charge is -2.44. The maximum Gasteiger partial charge on any atom is 0.243 e. The van der Waals surface area contributed by atoms with Crippen LogP contribution < -0.4 is 10.4 Å². The molecule has 4 rings (SSSR count). The Labute approximate surface area is 187 Å². The SMILES string of the molecule is Cc1ccc(S(=O)(=O)N2CC2C[Si](c2ccccc2)(c2ccccc2)C(C)(C)C)cc1. The van der Waals surface area contributed by atoms with Crippen molar-refractivity contribution in [2.75, 3.05) is 6.54 Å². The van der Waals surface area contributed by atoms with Crippen molar-refractivity contribution in [2.45, 2.75) is 49.7 Å². The summed E-state index contributed by atoms with van der Waals surface area (Å²) in [5, 5.41) is 2.76. The largest absolute Gasteiger partial charge is 0.243 e. The fourth-order valence-electron chi connectivity index (χ4n) is 4.84. The van der Waals surface area contributed by atoms with E-state index in [1.165, 1.54) is 10.4 Å². The number of sulfonamides is 1. The fraction of sp³-hybridized carbons (Fsp3) is 0.308. The first-order valence-corrected chi connectivity index (χ1v) is 14.5. The van der Waals surface area contributed by atoms with Gasteiger partial charge in [0.15, 0.2) is 0 Å². The van der Waals surface area contributed by atoms with Crippen molar-refractivity contribution in [2.24, 2.45) is 0 Å². The van der Waals surface area contributed by atoms with Crippen LogP contribution in [0.15, 0.2) is 89.8 Å². The predicted octanol–water partition coefficient (Wildman–Crippen LogP) is 4.43. The van der Waals surface area contributed by atoms with Crippen molar-refractivity contribution < 1.29 is 8.42 Å². The molecule has 5 heteroatoms. The number of aryl methyl sites for hydroxylation is 1. The molecule has 0 spiro atoms. The summed E-state index contributed by atoms with van der Waals surface area (Å²) >= 11 is 0. The second-order valence-electron chi connectivity index (χ2n) is 9.63. The van der Waals surface area contributed by atoms with Crippen LogP contribution in [0.4, 0.5) is 0 Å². The highest BCUT2D eigenvalue weighted by atomic mass is 32.2. The Kier molecular flexibility index (Phi) is 5.71. The molecule has 2 unspecified atom stereocenters. The zero-order chi connectivity index (χ0) is 22.3. The summed E-state index contributed by atoms with van der Waals surface area (Å²) in [7, 11) is -5.74. The number of benzene rings is 3. The van der Waals surface area contributed by atoms with Gasteiger partial charge in [0.2, 0.25) is 10.0 Å². The van der Waals surface area contributed by atoms with E-state index < -0.39 is 18.1 Å². The topological polar surface area (TPSA) is 37.1 Å². The van der Waals surface area contributed by atoms with Crippen LogP contribution in [-0.2, 0) is 10.0 Å². The van der Waals surface area contributed by atoms with Gasteiger partial charge in [0.05, 0.1) is 4.90 Å². The third-order valence-corrected chi connectivity index (χ3v) is 14.9. The Hall–Kier alpha value is -2.21. The van der Waals surface area contributed by atoms with Gasteiger partial charge in [-0.3, -0.25) is 0 Å².